The summed E-state index contributed by atoms with van der Waals surface area (Å²) in [5, 5.41) is 14.1. The first kappa shape index (κ1) is 14.9. The maximum atomic E-state index is 9.38. The lowest BCUT2D eigenvalue weighted by Crippen LogP contribution is -2.26. The van der Waals surface area contributed by atoms with Gasteiger partial charge in [0.25, 0.3) is 0 Å². The van der Waals surface area contributed by atoms with E-state index >= 15 is 0 Å². The second-order valence-electron chi connectivity index (χ2n) is 5.87. The van der Waals surface area contributed by atoms with E-state index in [1.165, 1.54) is 24.8 Å². The standard InChI is InChI=1S/C17H21BrN2O/c18-16-7-6-13(17-15(16)5-2-8-20-17)10-19-9-12-3-1-4-14(12)11-21/h2,5-8,12,14,19,21H,1,3-4,9-11H2. The number of fused-ring (bicyclic) bond motifs is 1. The molecule has 3 nitrogen and oxygen atoms in total. The van der Waals surface area contributed by atoms with Crippen LogP contribution in [-0.4, -0.2) is 23.2 Å². The van der Waals surface area contributed by atoms with E-state index in [4.69, 9.17) is 0 Å². The van der Waals surface area contributed by atoms with Crippen molar-refractivity contribution in [3.05, 3.63) is 40.5 Å². The molecule has 4 heteroatoms. The molecule has 0 aliphatic heterocycles. The van der Waals surface area contributed by atoms with Crippen LogP contribution in [0.5, 0.6) is 0 Å². The topological polar surface area (TPSA) is 45.1 Å². The molecule has 0 radical (unpaired) electrons. The molecule has 2 N–H and O–H groups in total. The quantitative estimate of drug-likeness (QED) is 0.869. The van der Waals surface area contributed by atoms with Crippen molar-refractivity contribution in [3.63, 3.8) is 0 Å². The summed E-state index contributed by atoms with van der Waals surface area (Å²) in [6.07, 6.45) is 5.50. The molecule has 21 heavy (non-hydrogen) atoms. The van der Waals surface area contributed by atoms with E-state index in [1.54, 1.807) is 0 Å². The van der Waals surface area contributed by atoms with Gasteiger partial charge in [0, 0.05) is 29.2 Å². The maximum absolute atomic E-state index is 9.38. The number of hydrogen-bond donors (Lipinski definition) is 2. The summed E-state index contributed by atoms with van der Waals surface area (Å²) >= 11 is 3.58. The van der Waals surface area contributed by atoms with Gasteiger partial charge in [-0.2, -0.15) is 0 Å². The normalized spacial score (nSPS) is 22.0. The zero-order valence-electron chi connectivity index (χ0n) is 12.1. The highest BCUT2D eigenvalue weighted by Gasteiger charge is 2.25. The fourth-order valence-electron chi connectivity index (χ4n) is 3.35. The third-order valence-electron chi connectivity index (χ3n) is 4.57. The monoisotopic (exact) mass is 348 g/mol. The fraction of sp³-hybridized carbons (Fsp3) is 0.471. The van der Waals surface area contributed by atoms with Crippen molar-refractivity contribution in [2.45, 2.75) is 25.8 Å². The number of benzene rings is 1. The van der Waals surface area contributed by atoms with E-state index in [9.17, 15) is 5.11 Å². The Balaban J connectivity index is 1.67. The van der Waals surface area contributed by atoms with Gasteiger partial charge in [0.15, 0.2) is 0 Å². The Kier molecular flexibility index (Phi) is 4.88. The number of aromatic nitrogens is 1. The summed E-state index contributed by atoms with van der Waals surface area (Å²) in [5.74, 6) is 1.10. The number of nitrogens with zero attached hydrogens (tertiary/aromatic N) is 1. The minimum Gasteiger partial charge on any atom is -0.396 e. The van der Waals surface area contributed by atoms with Gasteiger partial charge in [-0.05, 0) is 48.9 Å². The smallest absolute Gasteiger partial charge is 0.0758 e. The lowest BCUT2D eigenvalue weighted by molar-refractivity contribution is 0.192. The molecule has 2 aromatic rings. The summed E-state index contributed by atoms with van der Waals surface area (Å²) in [4.78, 5) is 4.51. The van der Waals surface area contributed by atoms with Crippen LogP contribution in [0.15, 0.2) is 34.9 Å². The molecule has 0 spiro atoms. The van der Waals surface area contributed by atoms with Crippen LogP contribution in [0.25, 0.3) is 10.9 Å². The summed E-state index contributed by atoms with van der Waals surface area (Å²) < 4.78 is 1.09. The van der Waals surface area contributed by atoms with E-state index in [1.807, 2.05) is 12.3 Å². The van der Waals surface area contributed by atoms with Gasteiger partial charge < -0.3 is 10.4 Å². The van der Waals surface area contributed by atoms with Crippen molar-refractivity contribution in [2.24, 2.45) is 11.8 Å². The number of pyridine rings is 1. The Bertz CT molecular complexity index is 617. The molecule has 1 aliphatic carbocycles. The van der Waals surface area contributed by atoms with Gasteiger partial charge in [-0.3, -0.25) is 4.98 Å². The first-order valence-electron chi connectivity index (χ1n) is 7.63. The van der Waals surface area contributed by atoms with Crippen LogP contribution in [0.4, 0.5) is 0 Å². The fourth-order valence-corrected chi connectivity index (χ4v) is 3.81. The van der Waals surface area contributed by atoms with Gasteiger partial charge in [0.1, 0.15) is 0 Å². The Hall–Kier alpha value is -0.970. The SMILES string of the molecule is OCC1CCCC1CNCc1ccc(Br)c2cccnc12. The average molecular weight is 349 g/mol. The molecule has 1 saturated carbocycles. The van der Waals surface area contributed by atoms with Gasteiger partial charge >= 0.3 is 0 Å². The zero-order chi connectivity index (χ0) is 14.7. The van der Waals surface area contributed by atoms with E-state index in [2.05, 4.69) is 44.4 Å². The van der Waals surface area contributed by atoms with Crippen LogP contribution >= 0.6 is 15.9 Å². The van der Waals surface area contributed by atoms with Gasteiger partial charge in [-0.15, -0.1) is 0 Å². The number of rotatable bonds is 5. The molecule has 1 aliphatic rings. The average Bonchev–Trinajstić information content (AvgIpc) is 2.97. The van der Waals surface area contributed by atoms with Crippen LogP contribution in [0.1, 0.15) is 24.8 Å². The molecular formula is C17H21BrN2O. The molecular weight excluding hydrogens is 328 g/mol. The van der Waals surface area contributed by atoms with Gasteiger partial charge in [-0.1, -0.05) is 34.5 Å². The largest absolute Gasteiger partial charge is 0.396 e. The van der Waals surface area contributed by atoms with Crippen LogP contribution in [-0.2, 0) is 6.54 Å². The maximum Gasteiger partial charge on any atom is 0.0758 e. The Morgan fingerprint density at radius 3 is 2.95 bits per heavy atom. The molecule has 0 amide bonds. The number of aliphatic hydroxyl groups excluding tert-OH is 1. The highest BCUT2D eigenvalue weighted by Crippen LogP contribution is 2.31. The van der Waals surface area contributed by atoms with Crippen molar-refractivity contribution < 1.29 is 5.11 Å². The number of halogens is 1. The molecule has 2 unspecified atom stereocenters. The summed E-state index contributed by atoms with van der Waals surface area (Å²) in [6, 6.07) is 8.28. The van der Waals surface area contributed by atoms with Crippen molar-refractivity contribution in [2.75, 3.05) is 13.2 Å². The lowest BCUT2D eigenvalue weighted by atomic mass is 9.97. The first-order chi connectivity index (χ1) is 10.3. The highest BCUT2D eigenvalue weighted by molar-refractivity contribution is 9.10. The molecule has 0 saturated heterocycles. The van der Waals surface area contributed by atoms with Crippen LogP contribution in [0.2, 0.25) is 0 Å². The van der Waals surface area contributed by atoms with E-state index in [0.717, 1.165) is 28.5 Å². The number of hydrogen-bond acceptors (Lipinski definition) is 3. The third-order valence-corrected chi connectivity index (χ3v) is 5.26. The molecule has 1 aromatic heterocycles. The summed E-state index contributed by atoms with van der Waals surface area (Å²) in [7, 11) is 0. The molecule has 1 heterocycles. The van der Waals surface area contributed by atoms with Gasteiger partial charge in [-0.25, -0.2) is 0 Å². The van der Waals surface area contributed by atoms with Gasteiger partial charge in [0.2, 0.25) is 0 Å². The Labute approximate surface area is 133 Å². The minimum absolute atomic E-state index is 0.328. The molecule has 0 bridgehead atoms. The van der Waals surface area contributed by atoms with Crippen LogP contribution in [0.3, 0.4) is 0 Å². The van der Waals surface area contributed by atoms with Crippen LogP contribution in [0, 0.1) is 11.8 Å². The molecule has 1 aromatic carbocycles. The van der Waals surface area contributed by atoms with Crippen molar-refractivity contribution in [1.29, 1.82) is 0 Å². The number of aliphatic hydroxyl groups is 1. The first-order valence-corrected chi connectivity index (χ1v) is 8.42. The van der Waals surface area contributed by atoms with Gasteiger partial charge in [0.05, 0.1) is 5.52 Å². The van der Waals surface area contributed by atoms with Crippen molar-refractivity contribution in [3.8, 4) is 0 Å². The van der Waals surface area contributed by atoms with E-state index in [-0.39, 0.29) is 0 Å². The van der Waals surface area contributed by atoms with Crippen molar-refractivity contribution >= 4 is 26.8 Å². The third kappa shape index (κ3) is 3.28. The summed E-state index contributed by atoms with van der Waals surface area (Å²) in [5.41, 5.74) is 2.29. The van der Waals surface area contributed by atoms with Crippen molar-refractivity contribution in [1.82, 2.24) is 10.3 Å². The highest BCUT2D eigenvalue weighted by atomic mass is 79.9. The zero-order valence-corrected chi connectivity index (χ0v) is 13.6. The molecule has 112 valence electrons. The second kappa shape index (κ2) is 6.86. The Morgan fingerprint density at radius 1 is 1.24 bits per heavy atom. The Morgan fingerprint density at radius 2 is 2.10 bits per heavy atom. The molecule has 3 rings (SSSR count). The molecule has 2 atom stereocenters. The second-order valence-corrected chi connectivity index (χ2v) is 6.72. The lowest BCUT2D eigenvalue weighted by Gasteiger charge is -2.18. The minimum atomic E-state index is 0.328. The van der Waals surface area contributed by atoms with E-state index in [0.29, 0.717) is 18.4 Å². The predicted octanol–water partition coefficient (Wildman–Crippen LogP) is 3.50. The summed E-state index contributed by atoms with van der Waals surface area (Å²) in [6.45, 7) is 2.14. The molecule has 1 fully saturated rings. The number of nitrogens with one attached hydrogen (secondary N) is 1. The van der Waals surface area contributed by atoms with Crippen LogP contribution < -0.4 is 5.32 Å². The van der Waals surface area contributed by atoms with E-state index < -0.39 is 0 Å². The predicted molar refractivity (Wildman–Crippen MR) is 89.1 cm³/mol.